The van der Waals surface area contributed by atoms with Crippen LogP contribution in [0.25, 0.3) is 0 Å². The summed E-state index contributed by atoms with van der Waals surface area (Å²) < 4.78 is 15.1. The summed E-state index contributed by atoms with van der Waals surface area (Å²) in [6.07, 6.45) is -0.00733. The largest absolute Gasteiger partial charge is 0.325 e. The van der Waals surface area contributed by atoms with Gasteiger partial charge in [-0.25, -0.2) is 4.39 Å². The van der Waals surface area contributed by atoms with Crippen molar-refractivity contribution in [2.45, 2.75) is 6.42 Å². The first kappa shape index (κ1) is 14.2. The summed E-state index contributed by atoms with van der Waals surface area (Å²) in [6.45, 7) is 0. The van der Waals surface area contributed by atoms with E-state index in [-0.39, 0.29) is 18.1 Å². The molecular weight excluding hydrogens is 377 g/mol. The Bertz CT molecular complexity index is 616. The summed E-state index contributed by atoms with van der Waals surface area (Å²) in [4.78, 5) is 11.9. The van der Waals surface area contributed by atoms with Crippen molar-refractivity contribution in [3.63, 3.8) is 0 Å². The van der Waals surface area contributed by atoms with Crippen LogP contribution >= 0.6 is 31.9 Å². The zero-order valence-corrected chi connectivity index (χ0v) is 13.0. The van der Waals surface area contributed by atoms with Gasteiger partial charge in [-0.05, 0) is 51.8 Å². The normalized spacial score (nSPS) is 10.3. The summed E-state index contributed by atoms with van der Waals surface area (Å²) >= 11 is 6.60. The summed E-state index contributed by atoms with van der Waals surface area (Å²) in [6, 6.07) is 11.8. The zero-order valence-electron chi connectivity index (χ0n) is 9.79. The minimum absolute atomic E-state index is 0.00733. The molecule has 0 aliphatic heterocycles. The van der Waals surface area contributed by atoms with Crippen molar-refractivity contribution in [1.29, 1.82) is 0 Å². The van der Waals surface area contributed by atoms with E-state index in [9.17, 15) is 9.18 Å². The van der Waals surface area contributed by atoms with Crippen LogP contribution in [0, 0.1) is 5.82 Å². The Hall–Kier alpha value is -1.20. The molecule has 0 radical (unpaired) electrons. The highest BCUT2D eigenvalue weighted by atomic mass is 79.9. The molecule has 98 valence electrons. The third-order valence-electron chi connectivity index (χ3n) is 2.51. The third kappa shape index (κ3) is 3.88. The van der Waals surface area contributed by atoms with Gasteiger partial charge in [-0.3, -0.25) is 4.79 Å². The van der Waals surface area contributed by atoms with E-state index in [0.717, 1.165) is 8.95 Å². The van der Waals surface area contributed by atoms with Crippen LogP contribution in [-0.2, 0) is 11.2 Å². The lowest BCUT2D eigenvalue weighted by atomic mass is 10.1. The van der Waals surface area contributed by atoms with Gasteiger partial charge in [0, 0.05) is 8.95 Å². The number of halogens is 3. The molecule has 0 fully saturated rings. The molecule has 0 bridgehead atoms. The van der Waals surface area contributed by atoms with Crippen molar-refractivity contribution < 1.29 is 9.18 Å². The van der Waals surface area contributed by atoms with E-state index in [1.54, 1.807) is 18.2 Å². The number of hydrogen-bond donors (Lipinski definition) is 1. The Balaban J connectivity index is 2.10. The van der Waals surface area contributed by atoms with Gasteiger partial charge < -0.3 is 5.32 Å². The Morgan fingerprint density at radius 1 is 1.16 bits per heavy atom. The van der Waals surface area contributed by atoms with Crippen molar-refractivity contribution >= 4 is 43.5 Å². The second-order valence-corrected chi connectivity index (χ2v) is 5.71. The van der Waals surface area contributed by atoms with Gasteiger partial charge in [0.1, 0.15) is 5.82 Å². The van der Waals surface area contributed by atoms with E-state index >= 15 is 0 Å². The van der Waals surface area contributed by atoms with E-state index < -0.39 is 0 Å². The van der Waals surface area contributed by atoms with Crippen molar-refractivity contribution in [3.8, 4) is 0 Å². The molecule has 0 atom stereocenters. The highest BCUT2D eigenvalue weighted by molar-refractivity contribution is 9.10. The van der Waals surface area contributed by atoms with Crippen LogP contribution in [0.2, 0.25) is 0 Å². The van der Waals surface area contributed by atoms with Gasteiger partial charge in [-0.15, -0.1) is 0 Å². The van der Waals surface area contributed by atoms with E-state index in [2.05, 4.69) is 37.2 Å². The lowest BCUT2D eigenvalue weighted by Crippen LogP contribution is -2.15. The lowest BCUT2D eigenvalue weighted by Gasteiger charge is -2.08. The Morgan fingerprint density at radius 2 is 1.89 bits per heavy atom. The minimum Gasteiger partial charge on any atom is -0.325 e. The van der Waals surface area contributed by atoms with Crippen LogP contribution in [0.1, 0.15) is 5.56 Å². The van der Waals surface area contributed by atoms with Crippen LogP contribution in [0.5, 0.6) is 0 Å². The van der Waals surface area contributed by atoms with E-state index in [0.29, 0.717) is 11.3 Å². The SMILES string of the molecule is O=C(Cc1cc(Br)ccc1F)Nc1ccccc1Br. The molecule has 2 rings (SSSR count). The van der Waals surface area contributed by atoms with Crippen molar-refractivity contribution in [3.05, 3.63) is 62.8 Å². The van der Waals surface area contributed by atoms with Crippen molar-refractivity contribution in [1.82, 2.24) is 0 Å². The average Bonchev–Trinajstić information content (AvgIpc) is 2.37. The quantitative estimate of drug-likeness (QED) is 0.824. The molecule has 5 heteroatoms. The van der Waals surface area contributed by atoms with Gasteiger partial charge in [0.2, 0.25) is 5.91 Å². The maximum Gasteiger partial charge on any atom is 0.228 e. The molecule has 1 N–H and O–H groups in total. The van der Waals surface area contributed by atoms with Gasteiger partial charge in [0.25, 0.3) is 0 Å². The van der Waals surface area contributed by atoms with Crippen molar-refractivity contribution in [2.24, 2.45) is 0 Å². The van der Waals surface area contributed by atoms with Crippen LogP contribution < -0.4 is 5.32 Å². The molecule has 0 aliphatic rings. The standard InChI is InChI=1S/C14H10Br2FNO/c15-10-5-6-12(17)9(7-10)8-14(19)18-13-4-2-1-3-11(13)16/h1-7H,8H2,(H,18,19). The van der Waals surface area contributed by atoms with Crippen molar-refractivity contribution in [2.75, 3.05) is 5.32 Å². The Labute approximate surface area is 127 Å². The summed E-state index contributed by atoms with van der Waals surface area (Å²) in [7, 11) is 0. The number of carbonyl (C=O) groups excluding carboxylic acids is 1. The monoisotopic (exact) mass is 385 g/mol. The fraction of sp³-hybridized carbons (Fsp3) is 0.0714. The minimum atomic E-state index is -0.384. The molecule has 2 nitrogen and oxygen atoms in total. The summed E-state index contributed by atoms with van der Waals surface area (Å²) in [5.74, 6) is -0.644. The number of hydrogen-bond acceptors (Lipinski definition) is 1. The van der Waals surface area contributed by atoms with Gasteiger partial charge in [-0.2, -0.15) is 0 Å². The number of nitrogens with one attached hydrogen (secondary N) is 1. The average molecular weight is 387 g/mol. The summed E-state index contributed by atoms with van der Waals surface area (Å²) in [5.41, 5.74) is 1.03. The molecule has 0 saturated carbocycles. The second-order valence-electron chi connectivity index (χ2n) is 3.94. The topological polar surface area (TPSA) is 29.1 Å². The lowest BCUT2D eigenvalue weighted by molar-refractivity contribution is -0.115. The van der Waals surface area contributed by atoms with Crippen LogP contribution in [0.15, 0.2) is 51.4 Å². The fourth-order valence-electron chi connectivity index (χ4n) is 1.61. The van der Waals surface area contributed by atoms with E-state index in [4.69, 9.17) is 0 Å². The first-order chi connectivity index (χ1) is 9.06. The molecule has 0 aliphatic carbocycles. The van der Waals surface area contributed by atoms with Gasteiger partial charge in [-0.1, -0.05) is 28.1 Å². The second kappa shape index (κ2) is 6.30. The molecule has 1 amide bonds. The maximum atomic E-state index is 13.5. The number of anilines is 1. The first-order valence-corrected chi connectivity index (χ1v) is 7.13. The maximum absolute atomic E-state index is 13.5. The number of carbonyl (C=O) groups is 1. The predicted molar refractivity (Wildman–Crippen MR) is 80.6 cm³/mol. The smallest absolute Gasteiger partial charge is 0.228 e. The molecule has 19 heavy (non-hydrogen) atoms. The first-order valence-electron chi connectivity index (χ1n) is 5.54. The molecule has 2 aromatic carbocycles. The third-order valence-corrected chi connectivity index (χ3v) is 3.69. The Kier molecular flexibility index (Phi) is 4.71. The van der Waals surface area contributed by atoms with Crippen LogP contribution in [0.4, 0.5) is 10.1 Å². The van der Waals surface area contributed by atoms with Gasteiger partial charge >= 0.3 is 0 Å². The molecular formula is C14H10Br2FNO. The molecule has 0 spiro atoms. The van der Waals surface area contributed by atoms with Crippen LogP contribution in [-0.4, -0.2) is 5.91 Å². The van der Waals surface area contributed by atoms with Gasteiger partial charge in [0.15, 0.2) is 0 Å². The fourth-order valence-corrected chi connectivity index (χ4v) is 2.40. The number of para-hydroxylation sites is 1. The Morgan fingerprint density at radius 3 is 2.63 bits per heavy atom. The number of rotatable bonds is 3. The molecule has 0 aromatic heterocycles. The highest BCUT2D eigenvalue weighted by Gasteiger charge is 2.10. The van der Waals surface area contributed by atoms with E-state index in [1.165, 1.54) is 6.07 Å². The molecule has 0 heterocycles. The summed E-state index contributed by atoms with van der Waals surface area (Å²) in [5, 5.41) is 2.74. The zero-order chi connectivity index (χ0) is 13.8. The molecule has 0 unspecified atom stereocenters. The number of benzene rings is 2. The van der Waals surface area contributed by atoms with Gasteiger partial charge in [0.05, 0.1) is 12.1 Å². The number of amides is 1. The van der Waals surface area contributed by atoms with Crippen LogP contribution in [0.3, 0.4) is 0 Å². The van der Waals surface area contributed by atoms with E-state index in [1.807, 2.05) is 18.2 Å². The molecule has 0 saturated heterocycles. The predicted octanol–water partition coefficient (Wildman–Crippen LogP) is 4.53. The highest BCUT2D eigenvalue weighted by Crippen LogP contribution is 2.22. The molecule has 2 aromatic rings.